The number of pyridine rings is 1. The molecule has 2 heterocycles. The monoisotopic (exact) mass is 369 g/mol. The Morgan fingerprint density at radius 1 is 1.32 bits per heavy atom. The van der Waals surface area contributed by atoms with Crippen molar-refractivity contribution in [2.45, 2.75) is 18.8 Å². The standard InChI is InChI=1S/C16H11ClF3N3O2/c17-11-2-1-5-21-12(11)13(16(18,19)20)23-14(24)8-3-4-10-9(6-8)7-22-15(10)25/h1-6,13H,7H2,(H,22,25)(H,23,24)/t13-/m1/s1. The van der Waals surface area contributed by atoms with Gasteiger partial charge in [0.2, 0.25) is 0 Å². The number of hydrogen-bond acceptors (Lipinski definition) is 3. The summed E-state index contributed by atoms with van der Waals surface area (Å²) < 4.78 is 40.1. The van der Waals surface area contributed by atoms with Crippen molar-refractivity contribution in [1.29, 1.82) is 0 Å². The van der Waals surface area contributed by atoms with Crippen molar-refractivity contribution in [2.75, 3.05) is 0 Å². The van der Waals surface area contributed by atoms with Gasteiger partial charge >= 0.3 is 6.18 Å². The van der Waals surface area contributed by atoms with Crippen LogP contribution in [0.3, 0.4) is 0 Å². The van der Waals surface area contributed by atoms with Crippen LogP contribution >= 0.6 is 11.6 Å². The van der Waals surface area contributed by atoms with E-state index in [1.165, 1.54) is 36.5 Å². The number of nitrogens with one attached hydrogen (secondary N) is 2. The van der Waals surface area contributed by atoms with Crippen molar-refractivity contribution < 1.29 is 22.8 Å². The molecule has 0 saturated heterocycles. The number of carbonyl (C=O) groups is 2. The number of amides is 2. The van der Waals surface area contributed by atoms with Crippen LogP contribution in [0.2, 0.25) is 5.02 Å². The SMILES string of the molecule is O=C(N[C@H](c1ncccc1Cl)C(F)(F)F)c1ccc2c(c1)CNC2=O. The first-order valence-electron chi connectivity index (χ1n) is 7.16. The third-order valence-corrected chi connectivity index (χ3v) is 4.03. The van der Waals surface area contributed by atoms with E-state index in [-0.39, 0.29) is 23.0 Å². The summed E-state index contributed by atoms with van der Waals surface area (Å²) in [5.41, 5.74) is 0.480. The molecule has 0 radical (unpaired) electrons. The molecule has 5 nitrogen and oxygen atoms in total. The smallest absolute Gasteiger partial charge is 0.348 e. The van der Waals surface area contributed by atoms with E-state index in [9.17, 15) is 22.8 Å². The number of aromatic nitrogens is 1. The Hall–Kier alpha value is -2.61. The lowest BCUT2D eigenvalue weighted by molar-refractivity contribution is -0.156. The fraction of sp³-hybridized carbons (Fsp3) is 0.188. The van der Waals surface area contributed by atoms with Gasteiger partial charge in [-0.1, -0.05) is 11.6 Å². The molecular formula is C16H11ClF3N3O2. The fourth-order valence-corrected chi connectivity index (χ4v) is 2.73. The van der Waals surface area contributed by atoms with Crippen LogP contribution in [-0.4, -0.2) is 23.0 Å². The van der Waals surface area contributed by atoms with Crippen molar-refractivity contribution in [3.8, 4) is 0 Å². The summed E-state index contributed by atoms with van der Waals surface area (Å²) >= 11 is 5.79. The van der Waals surface area contributed by atoms with Gasteiger partial charge in [-0.2, -0.15) is 13.2 Å². The molecule has 2 aromatic rings. The molecule has 25 heavy (non-hydrogen) atoms. The molecule has 0 fully saturated rings. The Kier molecular flexibility index (Phi) is 4.38. The molecule has 2 N–H and O–H groups in total. The number of nitrogens with zero attached hydrogens (tertiary/aromatic N) is 1. The van der Waals surface area contributed by atoms with Crippen molar-refractivity contribution in [1.82, 2.24) is 15.6 Å². The van der Waals surface area contributed by atoms with E-state index in [1.807, 2.05) is 5.32 Å². The Bertz CT molecular complexity index is 855. The van der Waals surface area contributed by atoms with Crippen LogP contribution in [0.4, 0.5) is 13.2 Å². The minimum atomic E-state index is -4.78. The molecule has 1 aliphatic heterocycles. The van der Waals surface area contributed by atoms with Gasteiger partial charge in [0, 0.05) is 23.9 Å². The van der Waals surface area contributed by atoms with Crippen molar-refractivity contribution >= 4 is 23.4 Å². The van der Waals surface area contributed by atoms with Gasteiger partial charge in [-0.25, -0.2) is 0 Å². The molecule has 2 amide bonds. The van der Waals surface area contributed by atoms with Crippen molar-refractivity contribution in [3.63, 3.8) is 0 Å². The highest BCUT2D eigenvalue weighted by atomic mass is 35.5. The molecule has 3 rings (SSSR count). The average molecular weight is 370 g/mol. The van der Waals surface area contributed by atoms with Crippen LogP contribution in [0.25, 0.3) is 0 Å². The highest BCUT2D eigenvalue weighted by molar-refractivity contribution is 6.31. The summed E-state index contributed by atoms with van der Waals surface area (Å²) in [4.78, 5) is 27.4. The van der Waals surface area contributed by atoms with E-state index < -0.39 is 23.8 Å². The lowest BCUT2D eigenvalue weighted by atomic mass is 10.0. The van der Waals surface area contributed by atoms with Gasteiger partial charge in [0.1, 0.15) is 0 Å². The van der Waals surface area contributed by atoms with E-state index in [1.54, 1.807) is 0 Å². The average Bonchev–Trinajstić information content (AvgIpc) is 2.93. The van der Waals surface area contributed by atoms with Gasteiger partial charge in [0.05, 0.1) is 10.7 Å². The Labute approximate surface area is 145 Å². The summed E-state index contributed by atoms with van der Waals surface area (Å²) in [6.45, 7) is 0.226. The van der Waals surface area contributed by atoms with E-state index in [4.69, 9.17) is 11.6 Å². The molecule has 0 aliphatic carbocycles. The number of hydrogen-bond donors (Lipinski definition) is 2. The first-order chi connectivity index (χ1) is 11.8. The van der Waals surface area contributed by atoms with Gasteiger partial charge in [-0.3, -0.25) is 14.6 Å². The summed E-state index contributed by atoms with van der Waals surface area (Å²) in [5, 5.41) is 4.29. The number of fused-ring (bicyclic) bond motifs is 1. The molecular weight excluding hydrogens is 359 g/mol. The predicted octanol–water partition coefficient (Wildman–Crippen LogP) is 3.01. The van der Waals surface area contributed by atoms with E-state index in [0.717, 1.165) is 0 Å². The number of alkyl halides is 3. The Morgan fingerprint density at radius 3 is 2.76 bits per heavy atom. The normalized spacial score (nSPS) is 14.6. The van der Waals surface area contributed by atoms with Crippen LogP contribution < -0.4 is 10.6 Å². The maximum atomic E-state index is 13.4. The lowest BCUT2D eigenvalue weighted by Gasteiger charge is -2.22. The molecule has 0 spiro atoms. The quantitative estimate of drug-likeness (QED) is 0.873. The molecule has 9 heteroatoms. The van der Waals surface area contributed by atoms with E-state index in [2.05, 4.69) is 10.3 Å². The summed E-state index contributed by atoms with van der Waals surface area (Å²) in [6.07, 6.45) is -3.61. The largest absolute Gasteiger partial charge is 0.414 e. The minimum absolute atomic E-state index is 0.0107. The molecule has 0 bridgehead atoms. The third-order valence-electron chi connectivity index (χ3n) is 3.71. The molecule has 0 saturated carbocycles. The number of carbonyl (C=O) groups excluding carboxylic acids is 2. The topological polar surface area (TPSA) is 71.1 Å². The number of benzene rings is 1. The second-order valence-electron chi connectivity index (χ2n) is 5.37. The van der Waals surface area contributed by atoms with E-state index >= 15 is 0 Å². The number of halogens is 4. The van der Waals surface area contributed by atoms with Crippen LogP contribution in [0, 0.1) is 0 Å². The maximum absolute atomic E-state index is 13.4. The summed E-state index contributed by atoms with van der Waals surface area (Å²) in [7, 11) is 0. The second-order valence-corrected chi connectivity index (χ2v) is 5.78. The molecule has 1 aromatic heterocycles. The van der Waals surface area contributed by atoms with Crippen LogP contribution in [0.15, 0.2) is 36.5 Å². The predicted molar refractivity (Wildman–Crippen MR) is 83.1 cm³/mol. The Morgan fingerprint density at radius 2 is 2.08 bits per heavy atom. The molecule has 1 aliphatic rings. The maximum Gasteiger partial charge on any atom is 0.414 e. The van der Waals surface area contributed by atoms with Crippen molar-refractivity contribution in [2.24, 2.45) is 0 Å². The Balaban J connectivity index is 1.89. The van der Waals surface area contributed by atoms with Gasteiger partial charge in [0.25, 0.3) is 11.8 Å². The summed E-state index contributed by atoms with van der Waals surface area (Å²) in [6, 6.07) is 4.40. The van der Waals surface area contributed by atoms with E-state index in [0.29, 0.717) is 11.1 Å². The zero-order chi connectivity index (χ0) is 18.2. The minimum Gasteiger partial charge on any atom is -0.348 e. The van der Waals surface area contributed by atoms with Crippen molar-refractivity contribution in [3.05, 3.63) is 63.9 Å². The molecule has 130 valence electrons. The first kappa shape index (κ1) is 17.2. The molecule has 1 aromatic carbocycles. The summed E-state index contributed by atoms with van der Waals surface area (Å²) in [5.74, 6) is -1.22. The van der Waals surface area contributed by atoms with Crippen LogP contribution in [0.5, 0.6) is 0 Å². The highest BCUT2D eigenvalue weighted by Gasteiger charge is 2.44. The third kappa shape index (κ3) is 3.43. The highest BCUT2D eigenvalue weighted by Crippen LogP contribution is 2.35. The number of rotatable bonds is 3. The zero-order valence-electron chi connectivity index (χ0n) is 12.5. The van der Waals surface area contributed by atoms with Gasteiger partial charge < -0.3 is 10.6 Å². The zero-order valence-corrected chi connectivity index (χ0v) is 13.3. The van der Waals surface area contributed by atoms with Gasteiger partial charge in [-0.05, 0) is 35.9 Å². The first-order valence-corrected chi connectivity index (χ1v) is 7.54. The van der Waals surface area contributed by atoms with Crippen LogP contribution in [-0.2, 0) is 6.54 Å². The molecule has 0 unspecified atom stereocenters. The molecule has 1 atom stereocenters. The second kappa shape index (κ2) is 6.36. The van der Waals surface area contributed by atoms with Gasteiger partial charge in [0.15, 0.2) is 6.04 Å². The fourth-order valence-electron chi connectivity index (χ4n) is 2.50. The van der Waals surface area contributed by atoms with Gasteiger partial charge in [-0.15, -0.1) is 0 Å². The van der Waals surface area contributed by atoms with Crippen LogP contribution in [0.1, 0.15) is 38.0 Å². The lowest BCUT2D eigenvalue weighted by Crippen LogP contribution is -2.38.